The van der Waals surface area contributed by atoms with Gasteiger partial charge in [-0.1, -0.05) is 23.4 Å². The number of aromatic nitrogens is 1. The summed E-state index contributed by atoms with van der Waals surface area (Å²) in [6, 6.07) is 10.7. The molecule has 0 bridgehead atoms. The van der Waals surface area contributed by atoms with Gasteiger partial charge in [-0.05, 0) is 48.7 Å². The van der Waals surface area contributed by atoms with Gasteiger partial charge in [0.1, 0.15) is 5.69 Å². The predicted molar refractivity (Wildman–Crippen MR) is 93.6 cm³/mol. The Morgan fingerprint density at radius 3 is 2.52 bits per heavy atom. The number of carboxylic acid groups (broad SMARTS) is 1. The van der Waals surface area contributed by atoms with Crippen molar-refractivity contribution in [2.45, 2.75) is 26.7 Å². The van der Waals surface area contributed by atoms with E-state index in [-0.39, 0.29) is 18.7 Å². The molecule has 2 aromatic carbocycles. The lowest BCUT2D eigenvalue weighted by Crippen LogP contribution is -2.15. The largest absolute Gasteiger partial charge is 0.481 e. The summed E-state index contributed by atoms with van der Waals surface area (Å²) in [4.78, 5) is 23.0. The second-order valence-corrected chi connectivity index (χ2v) is 6.08. The molecular formula is C19H18N2O4. The highest BCUT2D eigenvalue weighted by molar-refractivity contribution is 5.95. The fraction of sp³-hybridized carbons (Fsp3) is 0.211. The van der Waals surface area contributed by atoms with Gasteiger partial charge in [0.2, 0.25) is 5.91 Å². The number of benzene rings is 2. The summed E-state index contributed by atoms with van der Waals surface area (Å²) in [5.74, 6) is -1.10. The first kappa shape index (κ1) is 16.7. The molecule has 6 heteroatoms. The van der Waals surface area contributed by atoms with Gasteiger partial charge in [-0.15, -0.1) is 0 Å². The SMILES string of the molecule is Cc1cc(C)c2c(CC(=O)Nc3ccc(CC(=O)O)cc3)noc2c1. The lowest BCUT2D eigenvalue weighted by molar-refractivity contribution is -0.136. The van der Waals surface area contributed by atoms with Gasteiger partial charge in [-0.3, -0.25) is 9.59 Å². The van der Waals surface area contributed by atoms with Crippen LogP contribution in [-0.2, 0) is 22.4 Å². The average Bonchev–Trinajstić information content (AvgIpc) is 2.91. The number of amides is 1. The van der Waals surface area contributed by atoms with Crippen LogP contribution < -0.4 is 5.32 Å². The van der Waals surface area contributed by atoms with Crippen molar-refractivity contribution in [1.82, 2.24) is 5.16 Å². The molecule has 6 nitrogen and oxygen atoms in total. The standard InChI is InChI=1S/C19H18N2O4/c1-11-7-12(2)19-15(21-25-16(19)8-11)10-17(22)20-14-5-3-13(4-6-14)9-18(23)24/h3-8H,9-10H2,1-2H3,(H,20,22)(H,23,24). The number of aryl methyl sites for hydroxylation is 2. The van der Waals surface area contributed by atoms with Crippen LogP contribution in [0.4, 0.5) is 5.69 Å². The van der Waals surface area contributed by atoms with Crippen LogP contribution >= 0.6 is 0 Å². The first-order valence-electron chi connectivity index (χ1n) is 7.88. The van der Waals surface area contributed by atoms with E-state index in [0.29, 0.717) is 22.5 Å². The maximum absolute atomic E-state index is 12.3. The summed E-state index contributed by atoms with van der Waals surface area (Å²) in [5.41, 5.74) is 4.68. The normalized spacial score (nSPS) is 10.8. The highest BCUT2D eigenvalue weighted by Crippen LogP contribution is 2.24. The van der Waals surface area contributed by atoms with E-state index in [4.69, 9.17) is 9.63 Å². The molecule has 0 aliphatic heterocycles. The molecule has 0 saturated heterocycles. The molecule has 0 aliphatic rings. The van der Waals surface area contributed by atoms with Crippen molar-refractivity contribution in [2.75, 3.05) is 5.32 Å². The summed E-state index contributed by atoms with van der Waals surface area (Å²) < 4.78 is 5.33. The quantitative estimate of drug-likeness (QED) is 0.745. The van der Waals surface area contributed by atoms with Crippen molar-refractivity contribution >= 4 is 28.5 Å². The van der Waals surface area contributed by atoms with E-state index >= 15 is 0 Å². The molecule has 25 heavy (non-hydrogen) atoms. The van der Waals surface area contributed by atoms with Crippen molar-refractivity contribution in [2.24, 2.45) is 0 Å². The Hall–Kier alpha value is -3.15. The number of hydrogen-bond acceptors (Lipinski definition) is 4. The second kappa shape index (κ2) is 6.76. The summed E-state index contributed by atoms with van der Waals surface area (Å²) in [7, 11) is 0. The topological polar surface area (TPSA) is 92.4 Å². The third kappa shape index (κ3) is 3.85. The molecule has 0 atom stereocenters. The van der Waals surface area contributed by atoms with Crippen LogP contribution in [0.2, 0.25) is 0 Å². The highest BCUT2D eigenvalue weighted by Gasteiger charge is 2.15. The first-order chi connectivity index (χ1) is 11.9. The molecule has 128 valence electrons. The number of carbonyl (C=O) groups is 2. The zero-order valence-electron chi connectivity index (χ0n) is 14.0. The zero-order chi connectivity index (χ0) is 18.0. The number of nitrogens with one attached hydrogen (secondary N) is 1. The number of aliphatic carboxylic acids is 1. The van der Waals surface area contributed by atoms with Gasteiger partial charge < -0.3 is 14.9 Å². The number of carbonyl (C=O) groups excluding carboxylic acids is 1. The molecule has 1 aromatic heterocycles. The van der Waals surface area contributed by atoms with Crippen LogP contribution in [0.15, 0.2) is 40.9 Å². The van der Waals surface area contributed by atoms with Gasteiger partial charge in [0.05, 0.1) is 12.8 Å². The fourth-order valence-corrected chi connectivity index (χ4v) is 2.88. The smallest absolute Gasteiger partial charge is 0.307 e. The van der Waals surface area contributed by atoms with Crippen molar-refractivity contribution in [3.05, 3.63) is 58.8 Å². The van der Waals surface area contributed by atoms with Crippen LogP contribution in [0.25, 0.3) is 11.0 Å². The predicted octanol–water partition coefficient (Wildman–Crippen LogP) is 3.25. The van der Waals surface area contributed by atoms with Gasteiger partial charge in [-0.2, -0.15) is 0 Å². The minimum absolute atomic E-state index is 0.0438. The first-order valence-corrected chi connectivity index (χ1v) is 7.88. The maximum Gasteiger partial charge on any atom is 0.307 e. The Morgan fingerprint density at radius 2 is 1.84 bits per heavy atom. The minimum atomic E-state index is -0.889. The fourth-order valence-electron chi connectivity index (χ4n) is 2.88. The third-order valence-electron chi connectivity index (χ3n) is 3.91. The van der Waals surface area contributed by atoms with E-state index in [9.17, 15) is 9.59 Å². The van der Waals surface area contributed by atoms with E-state index < -0.39 is 5.97 Å². The third-order valence-corrected chi connectivity index (χ3v) is 3.91. The summed E-state index contributed by atoms with van der Waals surface area (Å²) >= 11 is 0. The Bertz CT molecular complexity index is 942. The number of anilines is 1. The van der Waals surface area contributed by atoms with E-state index in [1.165, 1.54) is 0 Å². The number of hydrogen-bond donors (Lipinski definition) is 2. The molecule has 1 heterocycles. The monoisotopic (exact) mass is 338 g/mol. The molecule has 0 aliphatic carbocycles. The lowest BCUT2D eigenvalue weighted by atomic mass is 10.0. The molecule has 0 radical (unpaired) electrons. The Labute approximate surface area is 144 Å². The van der Waals surface area contributed by atoms with Crippen LogP contribution in [0.3, 0.4) is 0 Å². The number of fused-ring (bicyclic) bond motifs is 1. The van der Waals surface area contributed by atoms with Crippen LogP contribution in [-0.4, -0.2) is 22.1 Å². The van der Waals surface area contributed by atoms with Gasteiger partial charge in [0.25, 0.3) is 0 Å². The minimum Gasteiger partial charge on any atom is -0.481 e. The molecule has 2 N–H and O–H groups in total. The highest BCUT2D eigenvalue weighted by atomic mass is 16.5. The zero-order valence-corrected chi connectivity index (χ0v) is 14.0. The van der Waals surface area contributed by atoms with Gasteiger partial charge in [0.15, 0.2) is 5.58 Å². The van der Waals surface area contributed by atoms with E-state index in [1.54, 1.807) is 24.3 Å². The van der Waals surface area contributed by atoms with Gasteiger partial charge in [0, 0.05) is 11.1 Å². The lowest BCUT2D eigenvalue weighted by Gasteiger charge is -2.05. The number of carboxylic acids is 1. The van der Waals surface area contributed by atoms with Crippen molar-refractivity contribution in [3.63, 3.8) is 0 Å². The van der Waals surface area contributed by atoms with Crippen molar-refractivity contribution < 1.29 is 19.2 Å². The summed E-state index contributed by atoms with van der Waals surface area (Å²) in [6.07, 6.45) is 0.0611. The molecule has 0 fully saturated rings. The van der Waals surface area contributed by atoms with Gasteiger partial charge >= 0.3 is 5.97 Å². The number of nitrogens with zero attached hydrogens (tertiary/aromatic N) is 1. The van der Waals surface area contributed by atoms with Crippen LogP contribution in [0, 0.1) is 13.8 Å². The maximum atomic E-state index is 12.3. The molecule has 0 unspecified atom stereocenters. The molecule has 3 aromatic rings. The van der Waals surface area contributed by atoms with E-state index in [0.717, 1.165) is 16.5 Å². The summed E-state index contributed by atoms with van der Waals surface area (Å²) in [6.45, 7) is 3.95. The van der Waals surface area contributed by atoms with Crippen LogP contribution in [0.5, 0.6) is 0 Å². The van der Waals surface area contributed by atoms with E-state index in [1.807, 2.05) is 26.0 Å². The molecule has 0 saturated carbocycles. The summed E-state index contributed by atoms with van der Waals surface area (Å²) in [5, 5.41) is 16.5. The second-order valence-electron chi connectivity index (χ2n) is 6.08. The molecule has 1 amide bonds. The molecular weight excluding hydrogens is 320 g/mol. The van der Waals surface area contributed by atoms with Crippen molar-refractivity contribution in [1.29, 1.82) is 0 Å². The van der Waals surface area contributed by atoms with Gasteiger partial charge in [-0.25, -0.2) is 0 Å². The average molecular weight is 338 g/mol. The Balaban J connectivity index is 1.72. The Morgan fingerprint density at radius 1 is 1.12 bits per heavy atom. The van der Waals surface area contributed by atoms with Crippen molar-refractivity contribution in [3.8, 4) is 0 Å². The molecule has 3 rings (SSSR count). The number of rotatable bonds is 5. The molecule has 0 spiro atoms. The Kier molecular flexibility index (Phi) is 4.52. The van der Waals surface area contributed by atoms with E-state index in [2.05, 4.69) is 10.5 Å². The van der Waals surface area contributed by atoms with Crippen LogP contribution in [0.1, 0.15) is 22.4 Å².